The maximum absolute atomic E-state index is 13.1. The summed E-state index contributed by atoms with van der Waals surface area (Å²) in [5.74, 6) is -1.67. The van der Waals surface area contributed by atoms with E-state index >= 15 is 0 Å². The van der Waals surface area contributed by atoms with Crippen molar-refractivity contribution < 1.29 is 26.0 Å². The van der Waals surface area contributed by atoms with Gasteiger partial charge in [-0.3, -0.25) is 4.72 Å². The van der Waals surface area contributed by atoms with E-state index in [0.717, 1.165) is 19.0 Å². The van der Waals surface area contributed by atoms with Gasteiger partial charge in [-0.05, 0) is 37.6 Å². The smallest absolute Gasteiger partial charge is 0.313 e. The van der Waals surface area contributed by atoms with E-state index in [9.17, 15) is 26.0 Å². The van der Waals surface area contributed by atoms with Gasteiger partial charge in [0.05, 0.1) is 11.3 Å². The molecule has 2 N–H and O–H groups in total. The molecule has 1 aromatic carbocycles. The second kappa shape index (κ2) is 5.80. The molecule has 0 bridgehead atoms. The lowest BCUT2D eigenvalue weighted by molar-refractivity contribution is -0.139. The second-order valence-electron chi connectivity index (χ2n) is 4.87. The van der Waals surface area contributed by atoms with E-state index in [-0.39, 0.29) is 17.5 Å². The van der Waals surface area contributed by atoms with Gasteiger partial charge < -0.3 is 5.32 Å². The topological polar surface area (TPSA) is 58.2 Å². The van der Waals surface area contributed by atoms with Crippen LogP contribution < -0.4 is 10.0 Å². The Balaban J connectivity index is 2.15. The molecule has 0 radical (unpaired) electrons. The van der Waals surface area contributed by atoms with E-state index in [1.807, 2.05) is 0 Å². The Bertz CT molecular complexity index is 610. The lowest BCUT2D eigenvalue weighted by Gasteiger charge is -2.14. The van der Waals surface area contributed by atoms with Crippen molar-refractivity contribution in [2.24, 2.45) is 0 Å². The Hall–Kier alpha value is -1.35. The van der Waals surface area contributed by atoms with Gasteiger partial charge in [0.1, 0.15) is 5.82 Å². The molecule has 9 heteroatoms. The molecule has 1 aromatic rings. The van der Waals surface area contributed by atoms with E-state index in [2.05, 4.69) is 10.0 Å². The van der Waals surface area contributed by atoms with Crippen LogP contribution in [-0.4, -0.2) is 26.8 Å². The second-order valence-corrected chi connectivity index (χ2v) is 6.64. The summed E-state index contributed by atoms with van der Waals surface area (Å²) in [6.07, 6.45) is -3.33. The van der Waals surface area contributed by atoms with Crippen LogP contribution in [-0.2, 0) is 16.2 Å². The maximum atomic E-state index is 13.1. The first-order chi connectivity index (χ1) is 9.67. The van der Waals surface area contributed by atoms with Crippen LogP contribution in [0.4, 0.5) is 23.2 Å². The number of halogens is 4. The Morgan fingerprint density at radius 3 is 2.62 bits per heavy atom. The minimum absolute atomic E-state index is 0.218. The monoisotopic (exact) mass is 326 g/mol. The molecule has 4 nitrogen and oxygen atoms in total. The van der Waals surface area contributed by atoms with Gasteiger partial charge >= 0.3 is 6.18 Å². The molecule has 21 heavy (non-hydrogen) atoms. The van der Waals surface area contributed by atoms with Crippen molar-refractivity contribution in [1.29, 1.82) is 0 Å². The van der Waals surface area contributed by atoms with E-state index in [4.69, 9.17) is 0 Å². The predicted molar refractivity (Wildman–Crippen MR) is 69.8 cm³/mol. The maximum Gasteiger partial charge on any atom is 0.419 e. The van der Waals surface area contributed by atoms with Crippen LogP contribution in [0.15, 0.2) is 18.2 Å². The average molecular weight is 326 g/mol. The molecular formula is C12H14F4N2O2S. The third-order valence-electron chi connectivity index (χ3n) is 3.13. The lowest BCUT2D eigenvalue weighted by atomic mass is 10.2. The van der Waals surface area contributed by atoms with Crippen molar-refractivity contribution in [3.63, 3.8) is 0 Å². The highest BCUT2D eigenvalue weighted by Crippen LogP contribution is 2.33. The summed E-state index contributed by atoms with van der Waals surface area (Å²) < 4.78 is 76.6. The number of anilines is 1. The van der Waals surface area contributed by atoms with Crippen molar-refractivity contribution in [2.45, 2.75) is 25.1 Å². The van der Waals surface area contributed by atoms with Gasteiger partial charge in [0.15, 0.2) is 0 Å². The first-order valence-electron chi connectivity index (χ1n) is 6.28. The zero-order valence-electron chi connectivity index (χ0n) is 10.9. The summed E-state index contributed by atoms with van der Waals surface area (Å²) in [5.41, 5.74) is -1.80. The molecule has 1 heterocycles. The van der Waals surface area contributed by atoms with Crippen molar-refractivity contribution in [2.75, 3.05) is 17.0 Å². The molecule has 1 unspecified atom stereocenters. The van der Waals surface area contributed by atoms with Crippen LogP contribution in [0.2, 0.25) is 0 Å². The third-order valence-corrected chi connectivity index (χ3v) is 4.52. The number of sulfonamides is 1. The Kier molecular flexibility index (Phi) is 4.43. The molecule has 2 rings (SSSR count). The zero-order chi connectivity index (χ0) is 15.7. The van der Waals surface area contributed by atoms with Gasteiger partial charge in [-0.15, -0.1) is 0 Å². The third kappa shape index (κ3) is 4.31. The summed E-state index contributed by atoms with van der Waals surface area (Å²) in [7, 11) is -3.80. The van der Waals surface area contributed by atoms with Crippen LogP contribution >= 0.6 is 0 Å². The fraction of sp³-hybridized carbons (Fsp3) is 0.500. The lowest BCUT2D eigenvalue weighted by Crippen LogP contribution is -2.32. The van der Waals surface area contributed by atoms with E-state index in [1.165, 1.54) is 0 Å². The highest BCUT2D eigenvalue weighted by Gasteiger charge is 2.34. The van der Waals surface area contributed by atoms with Gasteiger partial charge in [0.25, 0.3) is 0 Å². The summed E-state index contributed by atoms with van der Waals surface area (Å²) in [5, 5.41) is 2.98. The SMILES string of the molecule is O=S(=O)(CC1CCCN1)Nc1ccc(F)c(C(F)(F)F)c1. The van der Waals surface area contributed by atoms with Crippen LogP contribution in [0, 0.1) is 5.82 Å². The molecule has 118 valence electrons. The number of hydrogen-bond acceptors (Lipinski definition) is 3. The highest BCUT2D eigenvalue weighted by atomic mass is 32.2. The zero-order valence-corrected chi connectivity index (χ0v) is 11.7. The molecule has 1 aliphatic rings. The number of rotatable bonds is 4. The summed E-state index contributed by atoms with van der Waals surface area (Å²) in [6.45, 7) is 0.717. The van der Waals surface area contributed by atoms with Crippen LogP contribution in [0.25, 0.3) is 0 Å². The minimum atomic E-state index is -4.88. The van der Waals surface area contributed by atoms with Gasteiger partial charge in [0.2, 0.25) is 10.0 Å². The largest absolute Gasteiger partial charge is 0.419 e. The fourth-order valence-electron chi connectivity index (χ4n) is 2.19. The molecular weight excluding hydrogens is 312 g/mol. The molecule has 0 amide bonds. The Labute approximate surface area is 119 Å². The van der Waals surface area contributed by atoms with Gasteiger partial charge in [-0.25, -0.2) is 12.8 Å². The Morgan fingerprint density at radius 2 is 2.05 bits per heavy atom. The normalized spacial score (nSPS) is 19.7. The van der Waals surface area contributed by atoms with Crippen LogP contribution in [0.1, 0.15) is 18.4 Å². The van der Waals surface area contributed by atoms with Crippen LogP contribution in [0.3, 0.4) is 0 Å². The van der Waals surface area contributed by atoms with Gasteiger partial charge in [-0.2, -0.15) is 13.2 Å². The molecule has 0 aliphatic carbocycles. The molecule has 0 aromatic heterocycles. The summed E-state index contributed by atoms with van der Waals surface area (Å²) >= 11 is 0. The van der Waals surface area contributed by atoms with Gasteiger partial charge in [-0.1, -0.05) is 0 Å². The van der Waals surface area contributed by atoms with Crippen molar-refractivity contribution in [3.8, 4) is 0 Å². The number of benzene rings is 1. The first kappa shape index (κ1) is 16.0. The van der Waals surface area contributed by atoms with Crippen molar-refractivity contribution >= 4 is 15.7 Å². The predicted octanol–water partition coefficient (Wildman–Crippen LogP) is 2.34. The van der Waals surface area contributed by atoms with E-state index < -0.39 is 27.6 Å². The van der Waals surface area contributed by atoms with Crippen molar-refractivity contribution in [3.05, 3.63) is 29.6 Å². The van der Waals surface area contributed by atoms with E-state index in [0.29, 0.717) is 18.6 Å². The summed E-state index contributed by atoms with van der Waals surface area (Å²) in [4.78, 5) is 0. The molecule has 1 fully saturated rings. The Morgan fingerprint density at radius 1 is 1.33 bits per heavy atom. The molecule has 1 atom stereocenters. The standard InChI is InChI=1S/C12H14F4N2O2S/c13-11-4-3-8(6-10(11)12(14,15)16)18-21(19,20)7-9-2-1-5-17-9/h3-4,6,9,17-18H,1-2,5,7H2. The highest BCUT2D eigenvalue weighted by molar-refractivity contribution is 7.92. The molecule has 1 saturated heterocycles. The number of nitrogens with one attached hydrogen (secondary N) is 2. The molecule has 0 spiro atoms. The first-order valence-corrected chi connectivity index (χ1v) is 7.93. The fourth-order valence-corrected chi connectivity index (χ4v) is 3.57. The minimum Gasteiger partial charge on any atom is -0.313 e. The summed E-state index contributed by atoms with van der Waals surface area (Å²) in [6, 6.07) is 1.79. The quantitative estimate of drug-likeness (QED) is 0.835. The number of alkyl halides is 3. The molecule has 0 saturated carbocycles. The van der Waals surface area contributed by atoms with Gasteiger partial charge in [0, 0.05) is 11.7 Å². The van der Waals surface area contributed by atoms with E-state index in [1.54, 1.807) is 0 Å². The average Bonchev–Trinajstić information content (AvgIpc) is 2.81. The van der Waals surface area contributed by atoms with Crippen molar-refractivity contribution in [1.82, 2.24) is 5.32 Å². The van der Waals surface area contributed by atoms with Crippen LogP contribution in [0.5, 0.6) is 0 Å². The molecule has 1 aliphatic heterocycles. The number of hydrogen-bond donors (Lipinski definition) is 2.